The molecule has 1 heterocycles. The first-order valence-corrected chi connectivity index (χ1v) is 9.93. The second-order valence-electron chi connectivity index (χ2n) is 7.93. The third-order valence-electron chi connectivity index (χ3n) is 6.00. The molecule has 1 saturated heterocycles. The van der Waals surface area contributed by atoms with Gasteiger partial charge in [0.25, 0.3) is 0 Å². The van der Waals surface area contributed by atoms with Crippen LogP contribution in [0.5, 0.6) is 0 Å². The molecule has 4 rings (SSSR count). The average molecular weight is 373 g/mol. The highest BCUT2D eigenvalue weighted by atomic mass is 35.5. The molecule has 2 nitrogen and oxygen atoms in total. The van der Waals surface area contributed by atoms with Gasteiger partial charge in [-0.2, -0.15) is 0 Å². The van der Waals surface area contributed by atoms with E-state index >= 15 is 0 Å². The van der Waals surface area contributed by atoms with Crippen molar-refractivity contribution in [3.63, 3.8) is 0 Å². The van der Waals surface area contributed by atoms with Gasteiger partial charge in [-0.3, -0.25) is 4.90 Å². The van der Waals surface area contributed by atoms with Crippen LogP contribution in [-0.2, 0) is 0 Å². The van der Waals surface area contributed by atoms with Crippen molar-refractivity contribution in [2.75, 3.05) is 19.6 Å². The maximum absolute atomic E-state index is 13.4. The van der Waals surface area contributed by atoms with Gasteiger partial charge in [-0.25, -0.2) is 4.39 Å². The molecule has 0 saturated carbocycles. The molecule has 0 aromatic heterocycles. The van der Waals surface area contributed by atoms with Crippen LogP contribution >= 0.6 is 11.6 Å². The van der Waals surface area contributed by atoms with Crippen molar-refractivity contribution in [3.8, 4) is 0 Å². The van der Waals surface area contributed by atoms with Crippen molar-refractivity contribution in [1.29, 1.82) is 0 Å². The minimum Gasteiger partial charge on any atom is -0.311 e. The van der Waals surface area contributed by atoms with Gasteiger partial charge in [0, 0.05) is 42.7 Å². The lowest BCUT2D eigenvalue weighted by atomic mass is 9.93. The van der Waals surface area contributed by atoms with Gasteiger partial charge < -0.3 is 5.32 Å². The molecule has 1 fully saturated rings. The molecule has 0 amide bonds. The Hall–Kier alpha value is -1.42. The van der Waals surface area contributed by atoms with E-state index in [1.807, 2.05) is 18.2 Å². The molecule has 0 bridgehead atoms. The summed E-state index contributed by atoms with van der Waals surface area (Å²) in [4.78, 5) is 2.61. The monoisotopic (exact) mass is 372 g/mol. The summed E-state index contributed by atoms with van der Waals surface area (Å²) in [5, 5.41) is 4.44. The number of nitrogens with zero attached hydrogens (tertiary/aromatic N) is 1. The number of fused-ring (bicyclic) bond motifs is 1. The van der Waals surface area contributed by atoms with Crippen LogP contribution < -0.4 is 5.32 Å². The van der Waals surface area contributed by atoms with Crippen LogP contribution in [0, 0.1) is 11.7 Å². The molecule has 4 heteroatoms. The normalized spacial score (nSPS) is 26.3. The summed E-state index contributed by atoms with van der Waals surface area (Å²) in [6, 6.07) is 14.2. The molecule has 26 heavy (non-hydrogen) atoms. The number of piperazine rings is 1. The van der Waals surface area contributed by atoms with Gasteiger partial charge in [0.15, 0.2) is 0 Å². The van der Waals surface area contributed by atoms with Gasteiger partial charge in [0.2, 0.25) is 0 Å². The summed E-state index contributed by atoms with van der Waals surface area (Å²) in [5.41, 5.74) is 3.87. The molecule has 1 aliphatic carbocycles. The molecule has 1 N–H and O–H groups in total. The molecule has 0 radical (unpaired) electrons. The zero-order chi connectivity index (χ0) is 18.3. The van der Waals surface area contributed by atoms with E-state index in [0.29, 0.717) is 23.9 Å². The molecule has 138 valence electrons. The molecule has 0 spiro atoms. The SMILES string of the molecule is CC(C)C1CN([C@H]2C[C@H](c3ccc(F)cc3)c3ccc(Cl)cc32)CCN1. The lowest BCUT2D eigenvalue weighted by Crippen LogP contribution is -2.53. The summed E-state index contributed by atoms with van der Waals surface area (Å²) in [5.74, 6) is 0.743. The smallest absolute Gasteiger partial charge is 0.123 e. The number of nitrogens with one attached hydrogen (secondary N) is 1. The number of benzene rings is 2. The van der Waals surface area contributed by atoms with E-state index in [1.54, 1.807) is 12.1 Å². The molecule has 2 aliphatic rings. The van der Waals surface area contributed by atoms with E-state index in [1.165, 1.54) is 16.7 Å². The van der Waals surface area contributed by atoms with E-state index in [2.05, 4.69) is 36.2 Å². The Morgan fingerprint density at radius 2 is 1.88 bits per heavy atom. The third-order valence-corrected chi connectivity index (χ3v) is 6.23. The van der Waals surface area contributed by atoms with E-state index in [4.69, 9.17) is 11.6 Å². The number of hydrogen-bond donors (Lipinski definition) is 1. The van der Waals surface area contributed by atoms with Crippen molar-refractivity contribution in [2.45, 2.75) is 38.3 Å². The van der Waals surface area contributed by atoms with Crippen LogP contribution in [0.2, 0.25) is 5.02 Å². The minimum atomic E-state index is -0.179. The highest BCUT2D eigenvalue weighted by Gasteiger charge is 2.37. The zero-order valence-corrected chi connectivity index (χ0v) is 16.1. The first-order chi connectivity index (χ1) is 12.5. The van der Waals surface area contributed by atoms with E-state index < -0.39 is 0 Å². The second-order valence-corrected chi connectivity index (χ2v) is 8.36. The second kappa shape index (κ2) is 7.30. The number of hydrogen-bond acceptors (Lipinski definition) is 2. The van der Waals surface area contributed by atoms with Crippen molar-refractivity contribution in [2.24, 2.45) is 5.92 Å². The molecular formula is C22H26ClFN2. The van der Waals surface area contributed by atoms with Crippen LogP contribution in [0.15, 0.2) is 42.5 Å². The van der Waals surface area contributed by atoms with Crippen molar-refractivity contribution >= 4 is 11.6 Å². The fraction of sp³-hybridized carbons (Fsp3) is 0.455. The predicted molar refractivity (Wildman–Crippen MR) is 105 cm³/mol. The van der Waals surface area contributed by atoms with Gasteiger partial charge in [-0.1, -0.05) is 43.6 Å². The topological polar surface area (TPSA) is 15.3 Å². The van der Waals surface area contributed by atoms with Crippen LogP contribution in [0.25, 0.3) is 0 Å². The minimum absolute atomic E-state index is 0.179. The lowest BCUT2D eigenvalue weighted by Gasteiger charge is -2.39. The molecule has 2 aromatic carbocycles. The van der Waals surface area contributed by atoms with Gasteiger partial charge in [-0.05, 0) is 53.3 Å². The highest BCUT2D eigenvalue weighted by Crippen LogP contribution is 2.47. The maximum atomic E-state index is 13.4. The third kappa shape index (κ3) is 3.40. The Morgan fingerprint density at radius 3 is 2.62 bits per heavy atom. The number of halogens is 2. The van der Waals surface area contributed by atoms with Crippen molar-refractivity contribution in [1.82, 2.24) is 10.2 Å². The van der Waals surface area contributed by atoms with E-state index in [0.717, 1.165) is 31.1 Å². The van der Waals surface area contributed by atoms with Gasteiger partial charge >= 0.3 is 0 Å². The summed E-state index contributed by atoms with van der Waals surface area (Å²) in [6.07, 6.45) is 1.03. The Morgan fingerprint density at radius 1 is 1.12 bits per heavy atom. The molecule has 3 atom stereocenters. The Bertz CT molecular complexity index is 774. The zero-order valence-electron chi connectivity index (χ0n) is 15.4. The summed E-state index contributed by atoms with van der Waals surface area (Å²) < 4.78 is 13.4. The molecule has 2 aromatic rings. The lowest BCUT2D eigenvalue weighted by molar-refractivity contribution is 0.125. The maximum Gasteiger partial charge on any atom is 0.123 e. The Balaban J connectivity index is 1.67. The van der Waals surface area contributed by atoms with E-state index in [9.17, 15) is 4.39 Å². The van der Waals surface area contributed by atoms with Gasteiger partial charge in [0.1, 0.15) is 5.82 Å². The van der Waals surface area contributed by atoms with Crippen molar-refractivity contribution in [3.05, 3.63) is 70.0 Å². The molecular weight excluding hydrogens is 347 g/mol. The predicted octanol–water partition coefficient (Wildman–Crippen LogP) is 4.99. The fourth-order valence-electron chi connectivity index (χ4n) is 4.52. The molecule has 1 unspecified atom stereocenters. The fourth-order valence-corrected chi connectivity index (χ4v) is 4.70. The first kappa shape index (κ1) is 18.0. The Labute approximate surface area is 160 Å². The summed E-state index contributed by atoms with van der Waals surface area (Å²) in [6.45, 7) is 7.70. The summed E-state index contributed by atoms with van der Waals surface area (Å²) >= 11 is 6.34. The largest absolute Gasteiger partial charge is 0.311 e. The van der Waals surface area contributed by atoms with Gasteiger partial charge in [0.05, 0.1) is 0 Å². The van der Waals surface area contributed by atoms with Gasteiger partial charge in [-0.15, -0.1) is 0 Å². The quantitative estimate of drug-likeness (QED) is 0.816. The summed E-state index contributed by atoms with van der Waals surface area (Å²) in [7, 11) is 0. The molecule has 1 aliphatic heterocycles. The highest BCUT2D eigenvalue weighted by molar-refractivity contribution is 6.30. The van der Waals surface area contributed by atoms with Crippen LogP contribution in [0.3, 0.4) is 0 Å². The average Bonchev–Trinajstić information content (AvgIpc) is 3.01. The van der Waals surface area contributed by atoms with Crippen LogP contribution in [0.4, 0.5) is 4.39 Å². The number of rotatable bonds is 3. The van der Waals surface area contributed by atoms with E-state index in [-0.39, 0.29) is 5.82 Å². The standard InChI is InChI=1S/C22H26ClFN2/c1-14(2)21-13-26(10-9-25-21)22-12-19(15-3-6-17(24)7-4-15)18-8-5-16(23)11-20(18)22/h3-8,11,14,19,21-22,25H,9-10,12-13H2,1-2H3/t19-,21?,22+/m1/s1. The van der Waals surface area contributed by atoms with Crippen LogP contribution in [0.1, 0.15) is 48.9 Å². The van der Waals surface area contributed by atoms with Crippen molar-refractivity contribution < 1.29 is 4.39 Å². The Kier molecular flexibility index (Phi) is 5.05. The van der Waals surface area contributed by atoms with Crippen LogP contribution in [-0.4, -0.2) is 30.6 Å². The first-order valence-electron chi connectivity index (χ1n) is 9.55.